The highest BCUT2D eigenvalue weighted by Crippen LogP contribution is 2.31. The lowest BCUT2D eigenvalue weighted by atomic mass is 9.97. The average molecular weight is 287 g/mol. The summed E-state index contributed by atoms with van der Waals surface area (Å²) in [5.41, 5.74) is 2.23. The fraction of sp³-hybridized carbons (Fsp3) is 0.556. The molecule has 0 aliphatic carbocycles. The molecule has 2 unspecified atom stereocenters. The minimum atomic E-state index is 0.295. The van der Waals surface area contributed by atoms with Gasteiger partial charge in [-0.1, -0.05) is 25.1 Å². The van der Waals surface area contributed by atoms with Crippen LogP contribution in [0.3, 0.4) is 0 Å². The molecular formula is C18H25NO2. The van der Waals surface area contributed by atoms with Gasteiger partial charge in [-0.15, -0.1) is 0 Å². The normalized spacial score (nSPS) is 20.2. The standard InChI is InChI=1S/C18H25NO2/c1-3-8-19-16(10-14-7-9-20-12-14)17-11-15-6-4-5-13(2)18(15)21-17/h4-6,11,14,16,19H,3,7-10,12H2,1-2H3. The smallest absolute Gasteiger partial charge is 0.137 e. The third kappa shape index (κ3) is 3.30. The zero-order valence-corrected chi connectivity index (χ0v) is 13.0. The predicted octanol–water partition coefficient (Wildman–Crippen LogP) is 4.21. The van der Waals surface area contributed by atoms with Crippen molar-refractivity contribution in [1.29, 1.82) is 0 Å². The van der Waals surface area contributed by atoms with Crippen LogP contribution in [0.4, 0.5) is 0 Å². The fourth-order valence-corrected chi connectivity index (χ4v) is 3.12. The fourth-order valence-electron chi connectivity index (χ4n) is 3.12. The van der Waals surface area contributed by atoms with Gasteiger partial charge in [0.2, 0.25) is 0 Å². The second kappa shape index (κ2) is 6.63. The molecular weight excluding hydrogens is 262 g/mol. The molecule has 3 nitrogen and oxygen atoms in total. The number of para-hydroxylation sites is 1. The van der Waals surface area contributed by atoms with Crippen molar-refractivity contribution in [2.24, 2.45) is 5.92 Å². The first-order valence-electron chi connectivity index (χ1n) is 8.08. The summed E-state index contributed by atoms with van der Waals surface area (Å²) >= 11 is 0. The lowest BCUT2D eigenvalue weighted by Crippen LogP contribution is -2.24. The largest absolute Gasteiger partial charge is 0.459 e. The highest BCUT2D eigenvalue weighted by atomic mass is 16.5. The Hall–Kier alpha value is -1.32. The number of hydrogen-bond donors (Lipinski definition) is 1. The van der Waals surface area contributed by atoms with Gasteiger partial charge in [-0.25, -0.2) is 0 Å². The molecule has 3 heteroatoms. The summed E-state index contributed by atoms with van der Waals surface area (Å²) in [6.07, 6.45) is 3.40. The first kappa shape index (κ1) is 14.6. The molecule has 0 bridgehead atoms. The molecule has 2 atom stereocenters. The van der Waals surface area contributed by atoms with Crippen molar-refractivity contribution >= 4 is 11.0 Å². The lowest BCUT2D eigenvalue weighted by molar-refractivity contribution is 0.180. The SMILES string of the molecule is CCCNC(CC1CCOC1)c1cc2cccc(C)c2o1. The molecule has 1 saturated heterocycles. The molecule has 0 spiro atoms. The molecule has 0 saturated carbocycles. The highest BCUT2D eigenvalue weighted by Gasteiger charge is 2.24. The Labute approximate surface area is 126 Å². The van der Waals surface area contributed by atoms with Gasteiger partial charge in [0.05, 0.1) is 6.04 Å². The van der Waals surface area contributed by atoms with E-state index in [1.165, 1.54) is 17.4 Å². The van der Waals surface area contributed by atoms with Crippen molar-refractivity contribution in [2.75, 3.05) is 19.8 Å². The van der Waals surface area contributed by atoms with Crippen LogP contribution in [0.1, 0.15) is 43.6 Å². The number of rotatable bonds is 6. The van der Waals surface area contributed by atoms with E-state index in [0.717, 1.165) is 43.9 Å². The molecule has 1 aromatic heterocycles. The van der Waals surface area contributed by atoms with Crippen LogP contribution >= 0.6 is 0 Å². The third-order valence-corrected chi connectivity index (χ3v) is 4.34. The molecule has 1 fully saturated rings. The second-order valence-corrected chi connectivity index (χ2v) is 6.11. The molecule has 2 aromatic rings. The van der Waals surface area contributed by atoms with Crippen LogP contribution in [0.15, 0.2) is 28.7 Å². The maximum absolute atomic E-state index is 6.16. The number of benzene rings is 1. The summed E-state index contributed by atoms with van der Waals surface area (Å²) < 4.78 is 11.7. The molecule has 1 aromatic carbocycles. The van der Waals surface area contributed by atoms with E-state index < -0.39 is 0 Å². The Balaban J connectivity index is 1.83. The molecule has 0 radical (unpaired) electrons. The van der Waals surface area contributed by atoms with E-state index in [2.05, 4.69) is 43.4 Å². The predicted molar refractivity (Wildman–Crippen MR) is 85.5 cm³/mol. The van der Waals surface area contributed by atoms with E-state index in [0.29, 0.717) is 12.0 Å². The quantitative estimate of drug-likeness (QED) is 0.864. The summed E-state index contributed by atoms with van der Waals surface area (Å²) in [7, 11) is 0. The first-order chi connectivity index (χ1) is 10.3. The maximum atomic E-state index is 6.16. The van der Waals surface area contributed by atoms with E-state index in [1.807, 2.05) is 0 Å². The van der Waals surface area contributed by atoms with Crippen molar-refractivity contribution in [3.05, 3.63) is 35.6 Å². The minimum absolute atomic E-state index is 0.295. The van der Waals surface area contributed by atoms with Crippen LogP contribution in [-0.2, 0) is 4.74 Å². The summed E-state index contributed by atoms with van der Waals surface area (Å²) in [4.78, 5) is 0. The van der Waals surface area contributed by atoms with E-state index in [-0.39, 0.29) is 0 Å². The van der Waals surface area contributed by atoms with Gasteiger partial charge in [0.15, 0.2) is 0 Å². The topological polar surface area (TPSA) is 34.4 Å². The van der Waals surface area contributed by atoms with Gasteiger partial charge in [0.1, 0.15) is 11.3 Å². The second-order valence-electron chi connectivity index (χ2n) is 6.11. The van der Waals surface area contributed by atoms with Gasteiger partial charge >= 0.3 is 0 Å². The van der Waals surface area contributed by atoms with Crippen LogP contribution in [0.2, 0.25) is 0 Å². The van der Waals surface area contributed by atoms with Crippen LogP contribution in [0.5, 0.6) is 0 Å². The van der Waals surface area contributed by atoms with Gasteiger partial charge < -0.3 is 14.5 Å². The number of fused-ring (bicyclic) bond motifs is 1. The van der Waals surface area contributed by atoms with E-state index >= 15 is 0 Å². The maximum Gasteiger partial charge on any atom is 0.137 e. The number of furan rings is 1. The number of aryl methyl sites for hydroxylation is 1. The minimum Gasteiger partial charge on any atom is -0.459 e. The van der Waals surface area contributed by atoms with Crippen LogP contribution in [-0.4, -0.2) is 19.8 Å². The zero-order valence-electron chi connectivity index (χ0n) is 13.0. The van der Waals surface area contributed by atoms with Crippen molar-refractivity contribution in [3.63, 3.8) is 0 Å². The molecule has 0 amide bonds. The Morgan fingerprint density at radius 1 is 1.38 bits per heavy atom. The number of hydrogen-bond acceptors (Lipinski definition) is 3. The summed E-state index contributed by atoms with van der Waals surface area (Å²) in [6.45, 7) is 7.13. The van der Waals surface area contributed by atoms with Gasteiger partial charge in [0, 0.05) is 18.6 Å². The molecule has 1 aliphatic heterocycles. The van der Waals surface area contributed by atoms with E-state index in [1.54, 1.807) is 0 Å². The summed E-state index contributed by atoms with van der Waals surface area (Å²) in [6, 6.07) is 8.82. The molecule has 1 N–H and O–H groups in total. The van der Waals surface area contributed by atoms with Crippen molar-refractivity contribution in [1.82, 2.24) is 5.32 Å². The summed E-state index contributed by atoms with van der Waals surface area (Å²) in [5.74, 6) is 1.72. The van der Waals surface area contributed by atoms with E-state index in [9.17, 15) is 0 Å². The van der Waals surface area contributed by atoms with Gasteiger partial charge in [0.25, 0.3) is 0 Å². The highest BCUT2D eigenvalue weighted by molar-refractivity contribution is 5.81. The Morgan fingerprint density at radius 2 is 2.29 bits per heavy atom. The molecule has 3 rings (SSSR count). The Kier molecular flexibility index (Phi) is 4.61. The van der Waals surface area contributed by atoms with Crippen LogP contribution < -0.4 is 5.32 Å². The zero-order chi connectivity index (χ0) is 14.7. The van der Waals surface area contributed by atoms with Gasteiger partial charge in [-0.2, -0.15) is 0 Å². The van der Waals surface area contributed by atoms with E-state index in [4.69, 9.17) is 9.15 Å². The van der Waals surface area contributed by atoms with Crippen molar-refractivity contribution < 1.29 is 9.15 Å². The van der Waals surface area contributed by atoms with Crippen LogP contribution in [0, 0.1) is 12.8 Å². The van der Waals surface area contributed by atoms with Crippen molar-refractivity contribution in [2.45, 2.75) is 39.2 Å². The third-order valence-electron chi connectivity index (χ3n) is 4.34. The van der Waals surface area contributed by atoms with Crippen LogP contribution in [0.25, 0.3) is 11.0 Å². The molecule has 114 valence electrons. The summed E-state index contributed by atoms with van der Waals surface area (Å²) in [5, 5.41) is 4.85. The molecule has 21 heavy (non-hydrogen) atoms. The van der Waals surface area contributed by atoms with Crippen molar-refractivity contribution in [3.8, 4) is 0 Å². The number of ether oxygens (including phenoxy) is 1. The average Bonchev–Trinajstić information content (AvgIpc) is 3.13. The first-order valence-corrected chi connectivity index (χ1v) is 8.08. The molecule has 1 aliphatic rings. The Morgan fingerprint density at radius 3 is 3.00 bits per heavy atom. The monoisotopic (exact) mass is 287 g/mol. The van der Waals surface area contributed by atoms with Gasteiger partial charge in [-0.3, -0.25) is 0 Å². The number of nitrogens with one attached hydrogen (secondary N) is 1. The Bertz CT molecular complexity index is 584. The lowest BCUT2D eigenvalue weighted by Gasteiger charge is -2.19. The molecule has 2 heterocycles. The van der Waals surface area contributed by atoms with Gasteiger partial charge in [-0.05, 0) is 50.3 Å².